The molecule has 15 nitrogen and oxygen atoms in total. The number of nitrogens with one attached hydrogen (secondary N) is 1. The zero-order valence-corrected chi connectivity index (χ0v) is 25.5. The van der Waals surface area contributed by atoms with E-state index in [4.69, 9.17) is 29.0 Å². The third-order valence-corrected chi connectivity index (χ3v) is 9.24. The number of aliphatic hydroxyl groups excluding tert-OH is 2. The number of hydrogen-bond donors (Lipinski definition) is 4. The van der Waals surface area contributed by atoms with E-state index in [9.17, 15) is 19.6 Å². The number of fused-ring (bicyclic) bond motifs is 1. The van der Waals surface area contributed by atoms with Crippen molar-refractivity contribution in [3.05, 3.63) is 54.5 Å². The third kappa shape index (κ3) is 7.38. The van der Waals surface area contributed by atoms with Crippen LogP contribution in [0.25, 0.3) is 5.52 Å². The van der Waals surface area contributed by atoms with Crippen LogP contribution in [0, 0.1) is 0 Å². The van der Waals surface area contributed by atoms with E-state index in [1.165, 1.54) is 24.7 Å². The summed E-state index contributed by atoms with van der Waals surface area (Å²) in [6.07, 6.45) is -1.95. The Morgan fingerprint density at radius 1 is 1.23 bits per heavy atom. The number of benzene rings is 1. The molecule has 6 atom stereocenters. The predicted molar refractivity (Wildman–Crippen MR) is 158 cm³/mol. The zero-order chi connectivity index (χ0) is 31.3. The SMILES string of the molecule is C[C@H](NP(=O)(OC[C@@]1(C)O[C@@H](c2ccc3c(N)ncnn23)[C@H](O)[C@@H]1O)Oc1ccccc1)C(=O)OCCCN1CCOCC1. The number of ether oxygens (including phenoxy) is 3. The number of morpholine rings is 1. The number of esters is 1. The second-order valence-corrected chi connectivity index (χ2v) is 12.7. The van der Waals surface area contributed by atoms with E-state index in [0.29, 0.717) is 30.8 Å². The topological polar surface area (TPSA) is 192 Å². The number of anilines is 1. The van der Waals surface area contributed by atoms with Gasteiger partial charge in [0.2, 0.25) is 0 Å². The monoisotopic (exact) mass is 634 g/mol. The van der Waals surface area contributed by atoms with Gasteiger partial charge in [0.1, 0.15) is 47.5 Å². The van der Waals surface area contributed by atoms with Gasteiger partial charge in [-0.05, 0) is 44.5 Å². The fourth-order valence-electron chi connectivity index (χ4n) is 5.12. The van der Waals surface area contributed by atoms with Gasteiger partial charge >= 0.3 is 13.7 Å². The lowest BCUT2D eigenvalue weighted by atomic mass is 9.97. The first-order chi connectivity index (χ1) is 21.1. The molecule has 2 aromatic heterocycles. The molecule has 2 aliphatic heterocycles. The number of nitrogen functional groups attached to an aromatic ring is 1. The summed E-state index contributed by atoms with van der Waals surface area (Å²) in [5.41, 5.74) is 5.33. The first-order valence-corrected chi connectivity index (χ1v) is 16.0. The average molecular weight is 635 g/mol. The minimum Gasteiger partial charge on any atom is -0.464 e. The molecule has 0 amide bonds. The normalized spacial score (nSPS) is 26.3. The molecule has 1 unspecified atom stereocenters. The lowest BCUT2D eigenvalue weighted by molar-refractivity contribution is -0.145. The van der Waals surface area contributed by atoms with Crippen LogP contribution in [0.5, 0.6) is 5.75 Å². The van der Waals surface area contributed by atoms with Crippen LogP contribution in [0.15, 0.2) is 48.8 Å². The van der Waals surface area contributed by atoms with E-state index in [2.05, 4.69) is 20.1 Å². The van der Waals surface area contributed by atoms with Crippen LogP contribution in [0.2, 0.25) is 0 Å². The number of hydrogen-bond acceptors (Lipinski definition) is 13. The second kappa shape index (κ2) is 13.9. The summed E-state index contributed by atoms with van der Waals surface area (Å²) in [5, 5.41) is 28.8. The summed E-state index contributed by atoms with van der Waals surface area (Å²) in [6, 6.07) is 10.6. The van der Waals surface area contributed by atoms with Crippen molar-refractivity contribution >= 4 is 25.1 Å². The van der Waals surface area contributed by atoms with Crippen LogP contribution in [0.4, 0.5) is 5.82 Å². The van der Waals surface area contributed by atoms with Crippen LogP contribution < -0.4 is 15.3 Å². The Morgan fingerprint density at radius 3 is 2.73 bits per heavy atom. The Bertz CT molecular complexity index is 1460. The lowest BCUT2D eigenvalue weighted by Gasteiger charge is -2.30. The highest BCUT2D eigenvalue weighted by Gasteiger charge is 2.54. The maximum Gasteiger partial charge on any atom is 0.459 e. The highest BCUT2D eigenvalue weighted by molar-refractivity contribution is 7.52. The molecule has 44 heavy (non-hydrogen) atoms. The van der Waals surface area contributed by atoms with Crippen molar-refractivity contribution in [2.45, 2.75) is 50.2 Å². The van der Waals surface area contributed by atoms with Gasteiger partial charge in [-0.3, -0.25) is 14.2 Å². The van der Waals surface area contributed by atoms with E-state index in [-0.39, 0.29) is 18.2 Å². The van der Waals surface area contributed by atoms with Crippen molar-refractivity contribution in [3.63, 3.8) is 0 Å². The standard InChI is InChI=1S/C28H39N6O9P/c1-19(27(37)40-14-6-11-33-12-15-39-16-13-33)32-44(38,43-20-7-4-3-5-8-20)41-17-28(2)25(36)23(35)24(42-28)21-9-10-22-26(29)30-18-31-34(21)22/h3-5,7-10,18-19,23-25,35-36H,6,11-17H2,1-2H3,(H,32,38)(H2,29,30,31)/t19-,23-,24-,25-,28+,44?/m0/s1. The molecule has 0 saturated carbocycles. The predicted octanol–water partition coefficient (Wildman–Crippen LogP) is 1.31. The van der Waals surface area contributed by atoms with E-state index in [1.807, 2.05) is 0 Å². The first-order valence-electron chi connectivity index (χ1n) is 14.4. The molecule has 3 aromatic rings. The highest BCUT2D eigenvalue weighted by atomic mass is 31.2. The molecule has 1 aromatic carbocycles. The summed E-state index contributed by atoms with van der Waals surface area (Å²) in [7, 11) is -4.27. The molecule has 0 radical (unpaired) electrons. The molecule has 4 heterocycles. The van der Waals surface area contributed by atoms with Gasteiger partial charge in [0.05, 0.1) is 32.1 Å². The molecule has 0 spiro atoms. The van der Waals surface area contributed by atoms with Gasteiger partial charge in [0.15, 0.2) is 5.82 Å². The largest absolute Gasteiger partial charge is 0.464 e. The Morgan fingerprint density at radius 2 is 1.98 bits per heavy atom. The molecule has 0 bridgehead atoms. The maximum atomic E-state index is 14.0. The van der Waals surface area contributed by atoms with E-state index >= 15 is 0 Å². The minimum atomic E-state index is -4.27. The molecule has 2 aliphatic rings. The van der Waals surface area contributed by atoms with Crippen molar-refractivity contribution < 1.29 is 42.8 Å². The fraction of sp³-hybridized carbons (Fsp3) is 0.536. The Kier molecular flexibility index (Phi) is 10.2. The summed E-state index contributed by atoms with van der Waals surface area (Å²) in [4.78, 5) is 19.0. The van der Waals surface area contributed by atoms with Crippen LogP contribution >= 0.6 is 7.75 Å². The van der Waals surface area contributed by atoms with Gasteiger partial charge in [0, 0.05) is 19.6 Å². The number of aromatic nitrogens is 3. The summed E-state index contributed by atoms with van der Waals surface area (Å²) >= 11 is 0. The molecule has 2 saturated heterocycles. The Balaban J connectivity index is 1.24. The van der Waals surface area contributed by atoms with Crippen LogP contribution in [0.3, 0.4) is 0 Å². The number of nitrogens with two attached hydrogens (primary N) is 1. The fourth-order valence-corrected chi connectivity index (χ4v) is 6.71. The van der Waals surface area contributed by atoms with Crippen molar-refractivity contribution in [2.75, 3.05) is 51.8 Å². The van der Waals surface area contributed by atoms with Gasteiger partial charge in [-0.25, -0.2) is 14.1 Å². The van der Waals surface area contributed by atoms with Gasteiger partial charge in [-0.1, -0.05) is 18.2 Å². The summed E-state index contributed by atoms with van der Waals surface area (Å²) in [6.45, 7) is 6.53. The van der Waals surface area contributed by atoms with E-state index < -0.39 is 50.3 Å². The van der Waals surface area contributed by atoms with E-state index in [0.717, 1.165) is 19.6 Å². The molecule has 5 rings (SSSR count). The zero-order valence-electron chi connectivity index (χ0n) is 24.7. The molecular formula is C28H39N6O9P. The second-order valence-electron chi connectivity index (χ2n) is 11.0. The van der Waals surface area contributed by atoms with Crippen molar-refractivity contribution in [1.29, 1.82) is 0 Å². The van der Waals surface area contributed by atoms with Gasteiger partial charge in [0.25, 0.3) is 0 Å². The highest BCUT2D eigenvalue weighted by Crippen LogP contribution is 2.48. The number of aliphatic hydroxyl groups is 2. The molecule has 2 fully saturated rings. The number of nitrogens with zero attached hydrogens (tertiary/aromatic N) is 4. The van der Waals surface area contributed by atoms with Crippen LogP contribution in [-0.2, 0) is 28.1 Å². The van der Waals surface area contributed by atoms with Crippen molar-refractivity contribution in [1.82, 2.24) is 24.6 Å². The van der Waals surface area contributed by atoms with Crippen molar-refractivity contribution in [2.24, 2.45) is 0 Å². The average Bonchev–Trinajstić information content (AvgIpc) is 3.55. The van der Waals surface area contributed by atoms with Gasteiger partial charge in [-0.2, -0.15) is 10.2 Å². The molecule has 0 aliphatic carbocycles. The van der Waals surface area contributed by atoms with Gasteiger partial charge in [-0.15, -0.1) is 0 Å². The van der Waals surface area contributed by atoms with E-state index in [1.54, 1.807) is 42.5 Å². The Labute approximate surface area is 254 Å². The maximum absolute atomic E-state index is 14.0. The molecule has 240 valence electrons. The quantitative estimate of drug-likeness (QED) is 0.119. The number of carbonyl (C=O) groups excluding carboxylic acids is 1. The number of carbonyl (C=O) groups is 1. The van der Waals surface area contributed by atoms with Gasteiger partial charge < -0.3 is 34.7 Å². The number of para-hydroxylation sites is 1. The Hall–Kier alpha value is -3.14. The summed E-state index contributed by atoms with van der Waals surface area (Å²) < 4.78 is 43.9. The summed E-state index contributed by atoms with van der Waals surface area (Å²) in [5.74, 6) is -0.171. The van der Waals surface area contributed by atoms with Crippen LogP contribution in [-0.4, -0.2) is 106 Å². The minimum absolute atomic E-state index is 0.190. The third-order valence-electron chi connectivity index (χ3n) is 7.62. The molecule has 16 heteroatoms. The lowest BCUT2D eigenvalue weighted by Crippen LogP contribution is -2.45. The first kappa shape index (κ1) is 32.3. The number of rotatable bonds is 13. The molecular weight excluding hydrogens is 595 g/mol. The molecule has 5 N–H and O–H groups in total. The van der Waals surface area contributed by atoms with Crippen LogP contribution in [0.1, 0.15) is 32.1 Å². The van der Waals surface area contributed by atoms with Crippen molar-refractivity contribution in [3.8, 4) is 5.75 Å². The smallest absolute Gasteiger partial charge is 0.459 e.